The van der Waals surface area contributed by atoms with Crippen LogP contribution in [-0.2, 0) is 0 Å². The van der Waals surface area contributed by atoms with Crippen LogP contribution >= 0.6 is 11.8 Å². The van der Waals surface area contributed by atoms with E-state index in [1.54, 1.807) is 0 Å². The number of aliphatic hydroxyl groups is 1. The second-order valence-electron chi connectivity index (χ2n) is 1.97. The van der Waals surface area contributed by atoms with E-state index in [-0.39, 0.29) is 6.61 Å². The molecule has 48 valence electrons. The molecule has 0 amide bonds. The van der Waals surface area contributed by atoms with E-state index >= 15 is 0 Å². The first-order valence-corrected chi connectivity index (χ1v) is 4.04. The Morgan fingerprint density at radius 3 is 2.75 bits per heavy atom. The molecule has 1 heterocycles. The van der Waals surface area contributed by atoms with Crippen molar-refractivity contribution in [1.82, 2.24) is 5.32 Å². The summed E-state index contributed by atoms with van der Waals surface area (Å²) in [6.45, 7) is 1.35. The molecule has 0 saturated carbocycles. The highest BCUT2D eigenvalue weighted by atomic mass is 32.2. The van der Waals surface area contributed by atoms with E-state index in [1.807, 2.05) is 11.8 Å². The molecule has 1 fully saturated rings. The van der Waals surface area contributed by atoms with E-state index < -0.39 is 0 Å². The molecule has 1 aliphatic rings. The Morgan fingerprint density at radius 1 is 1.88 bits per heavy atom. The highest BCUT2D eigenvalue weighted by Gasteiger charge is 2.27. The molecule has 0 spiro atoms. The Kier molecular flexibility index (Phi) is 2.16. The van der Waals surface area contributed by atoms with Crippen LogP contribution in [-0.4, -0.2) is 35.8 Å². The van der Waals surface area contributed by atoms with Gasteiger partial charge in [-0.3, -0.25) is 0 Å². The first kappa shape index (κ1) is 6.39. The minimum Gasteiger partial charge on any atom is -0.395 e. The van der Waals surface area contributed by atoms with Crippen molar-refractivity contribution in [3.8, 4) is 0 Å². The molecular formula is C5H11NOS. The van der Waals surface area contributed by atoms with Gasteiger partial charge in [0.15, 0.2) is 0 Å². The Balaban J connectivity index is 2.16. The van der Waals surface area contributed by atoms with Crippen LogP contribution in [0.25, 0.3) is 0 Å². The fourth-order valence-corrected chi connectivity index (χ4v) is 1.58. The van der Waals surface area contributed by atoms with Gasteiger partial charge in [-0.2, -0.15) is 11.8 Å². The first-order chi connectivity index (χ1) is 3.88. The van der Waals surface area contributed by atoms with Gasteiger partial charge in [0.2, 0.25) is 0 Å². The summed E-state index contributed by atoms with van der Waals surface area (Å²) < 4.78 is 0. The lowest BCUT2D eigenvalue weighted by molar-refractivity contribution is 0.205. The minimum atomic E-state index is 0.283. The number of hydrogen-bond donors (Lipinski definition) is 2. The molecule has 0 aromatic carbocycles. The number of hydrogen-bond acceptors (Lipinski definition) is 3. The van der Waals surface area contributed by atoms with E-state index in [1.165, 1.54) is 0 Å². The highest BCUT2D eigenvalue weighted by Crippen LogP contribution is 2.16. The zero-order chi connectivity index (χ0) is 5.98. The minimum absolute atomic E-state index is 0.283. The lowest BCUT2D eigenvalue weighted by Crippen LogP contribution is -2.57. The van der Waals surface area contributed by atoms with Crippen molar-refractivity contribution in [1.29, 1.82) is 0 Å². The Labute approximate surface area is 53.7 Å². The third kappa shape index (κ3) is 0.989. The third-order valence-electron chi connectivity index (χ3n) is 1.53. The molecule has 0 radical (unpaired) electrons. The van der Waals surface area contributed by atoms with Gasteiger partial charge in [-0.05, 0) is 6.26 Å². The van der Waals surface area contributed by atoms with Crippen molar-refractivity contribution >= 4 is 11.8 Å². The molecule has 2 N–H and O–H groups in total. The van der Waals surface area contributed by atoms with Crippen LogP contribution in [0.2, 0.25) is 0 Å². The lowest BCUT2D eigenvalue weighted by Gasteiger charge is -2.35. The smallest absolute Gasteiger partial charge is 0.0596 e. The summed E-state index contributed by atoms with van der Waals surface area (Å²) in [5.74, 6) is 0. The second-order valence-corrected chi connectivity index (χ2v) is 3.05. The fraction of sp³-hybridized carbons (Fsp3) is 1.00. The van der Waals surface area contributed by atoms with Crippen LogP contribution in [0, 0.1) is 0 Å². The average molecular weight is 133 g/mol. The molecule has 0 aliphatic carbocycles. The molecular weight excluding hydrogens is 122 g/mol. The summed E-state index contributed by atoms with van der Waals surface area (Å²) in [5.41, 5.74) is 0. The standard InChI is InChI=1S/C5H11NOS/c1-8-5-2-6-4(5)3-7/h4-7H,2-3H2,1H3/t4-,5-/m1/s1. The molecule has 8 heavy (non-hydrogen) atoms. The van der Waals surface area contributed by atoms with Gasteiger partial charge < -0.3 is 10.4 Å². The van der Waals surface area contributed by atoms with Gasteiger partial charge in [0.25, 0.3) is 0 Å². The highest BCUT2D eigenvalue weighted by molar-refractivity contribution is 7.99. The number of rotatable bonds is 2. The third-order valence-corrected chi connectivity index (χ3v) is 2.63. The predicted molar refractivity (Wildman–Crippen MR) is 36.2 cm³/mol. The summed E-state index contributed by atoms with van der Waals surface area (Å²) in [6, 6.07) is 0.366. The van der Waals surface area contributed by atoms with E-state index in [4.69, 9.17) is 5.11 Å². The van der Waals surface area contributed by atoms with Crippen LogP contribution in [0.15, 0.2) is 0 Å². The predicted octanol–water partition coefficient (Wildman–Crippen LogP) is -0.318. The van der Waals surface area contributed by atoms with Crippen LogP contribution in [0.1, 0.15) is 0 Å². The zero-order valence-corrected chi connectivity index (χ0v) is 5.74. The summed E-state index contributed by atoms with van der Waals surface area (Å²) in [4.78, 5) is 0. The van der Waals surface area contributed by atoms with Gasteiger partial charge in [-0.15, -0.1) is 0 Å². The molecule has 1 aliphatic heterocycles. The van der Waals surface area contributed by atoms with E-state index in [0.29, 0.717) is 11.3 Å². The quantitative estimate of drug-likeness (QED) is 0.541. The van der Waals surface area contributed by atoms with Gasteiger partial charge in [0, 0.05) is 17.8 Å². The van der Waals surface area contributed by atoms with Crippen molar-refractivity contribution in [2.45, 2.75) is 11.3 Å². The molecule has 1 rings (SSSR count). The summed E-state index contributed by atoms with van der Waals surface area (Å²) in [6.07, 6.45) is 2.08. The molecule has 0 aromatic rings. The number of aliphatic hydroxyl groups excluding tert-OH is 1. The van der Waals surface area contributed by atoms with E-state index in [9.17, 15) is 0 Å². The molecule has 1 saturated heterocycles. The van der Waals surface area contributed by atoms with Gasteiger partial charge in [0.05, 0.1) is 6.61 Å². The van der Waals surface area contributed by atoms with E-state index in [0.717, 1.165) is 6.54 Å². The molecule has 2 nitrogen and oxygen atoms in total. The largest absolute Gasteiger partial charge is 0.395 e. The Morgan fingerprint density at radius 2 is 2.62 bits per heavy atom. The Hall–Kier alpha value is 0.270. The van der Waals surface area contributed by atoms with Crippen molar-refractivity contribution in [2.24, 2.45) is 0 Å². The molecule has 0 unspecified atom stereocenters. The fourth-order valence-electron chi connectivity index (χ4n) is 0.810. The summed E-state index contributed by atoms with van der Waals surface area (Å²) in [7, 11) is 0. The van der Waals surface area contributed by atoms with Crippen LogP contribution < -0.4 is 5.32 Å². The molecule has 0 bridgehead atoms. The molecule has 0 aromatic heterocycles. The van der Waals surface area contributed by atoms with Crippen LogP contribution in [0.3, 0.4) is 0 Å². The van der Waals surface area contributed by atoms with Crippen LogP contribution in [0.5, 0.6) is 0 Å². The Bertz CT molecular complexity index is 64.8. The van der Waals surface area contributed by atoms with Gasteiger partial charge in [-0.1, -0.05) is 0 Å². The first-order valence-electron chi connectivity index (χ1n) is 2.75. The second kappa shape index (κ2) is 2.71. The normalized spacial score (nSPS) is 36.8. The molecule has 2 atom stereocenters. The topological polar surface area (TPSA) is 32.3 Å². The number of nitrogens with one attached hydrogen (secondary N) is 1. The van der Waals surface area contributed by atoms with Gasteiger partial charge in [0.1, 0.15) is 0 Å². The summed E-state index contributed by atoms with van der Waals surface area (Å²) in [5, 5.41) is 12.4. The zero-order valence-electron chi connectivity index (χ0n) is 4.92. The monoisotopic (exact) mass is 133 g/mol. The lowest BCUT2D eigenvalue weighted by atomic mass is 10.1. The SMILES string of the molecule is CS[C@@H]1CN[C@@H]1CO. The van der Waals surface area contributed by atoms with Crippen LogP contribution in [0.4, 0.5) is 0 Å². The van der Waals surface area contributed by atoms with Gasteiger partial charge >= 0.3 is 0 Å². The maximum atomic E-state index is 8.61. The number of thioether (sulfide) groups is 1. The van der Waals surface area contributed by atoms with Crippen molar-refractivity contribution < 1.29 is 5.11 Å². The van der Waals surface area contributed by atoms with Crippen molar-refractivity contribution in [2.75, 3.05) is 19.4 Å². The molecule has 3 heteroatoms. The van der Waals surface area contributed by atoms with Crippen molar-refractivity contribution in [3.05, 3.63) is 0 Å². The maximum Gasteiger partial charge on any atom is 0.0596 e. The van der Waals surface area contributed by atoms with Gasteiger partial charge in [-0.25, -0.2) is 0 Å². The summed E-state index contributed by atoms with van der Waals surface area (Å²) >= 11 is 1.82. The van der Waals surface area contributed by atoms with Crippen molar-refractivity contribution in [3.63, 3.8) is 0 Å². The average Bonchev–Trinajstić information content (AvgIpc) is 1.66. The maximum absolute atomic E-state index is 8.61. The van der Waals surface area contributed by atoms with E-state index in [2.05, 4.69) is 11.6 Å².